The molecule has 2 aromatic carbocycles. The van der Waals surface area contributed by atoms with E-state index in [0.717, 1.165) is 11.0 Å². The highest BCUT2D eigenvalue weighted by molar-refractivity contribution is 7.90. The Kier molecular flexibility index (Phi) is 4.75. The number of carbonyl (C=O) groups is 2. The molecule has 1 aromatic heterocycles. The minimum Gasteiger partial charge on any atom is -0.326 e. The first-order valence-corrected chi connectivity index (χ1v) is 10.2. The monoisotopic (exact) mass is 389 g/mol. The highest BCUT2D eigenvalue weighted by Crippen LogP contribution is 2.28. The van der Waals surface area contributed by atoms with Crippen LogP contribution in [0.2, 0.25) is 0 Å². The number of nitrogens with one attached hydrogen (secondary N) is 2. The number of sulfone groups is 1. The topological polar surface area (TPSA) is 105 Å². The van der Waals surface area contributed by atoms with Gasteiger partial charge >= 0.3 is 0 Å². The van der Waals surface area contributed by atoms with Crippen LogP contribution in [0.5, 0.6) is 0 Å². The van der Waals surface area contributed by atoms with E-state index < -0.39 is 9.84 Å². The maximum absolute atomic E-state index is 12.3. The van der Waals surface area contributed by atoms with Crippen molar-refractivity contribution in [3.63, 3.8) is 0 Å². The third-order valence-electron chi connectivity index (χ3n) is 3.47. The van der Waals surface area contributed by atoms with Crippen LogP contribution in [0.3, 0.4) is 0 Å². The Hall–Kier alpha value is -2.78. The van der Waals surface area contributed by atoms with Gasteiger partial charge in [-0.25, -0.2) is 13.4 Å². The molecule has 0 aliphatic carbocycles. The van der Waals surface area contributed by atoms with Crippen LogP contribution in [-0.4, -0.2) is 31.5 Å². The van der Waals surface area contributed by atoms with Gasteiger partial charge in [-0.15, -0.1) is 0 Å². The van der Waals surface area contributed by atoms with Crippen LogP contribution in [0.4, 0.5) is 10.8 Å². The highest BCUT2D eigenvalue weighted by Gasteiger charge is 2.12. The number of nitrogens with zero attached hydrogens (tertiary/aromatic N) is 1. The van der Waals surface area contributed by atoms with Crippen molar-refractivity contribution in [3.05, 3.63) is 48.0 Å². The van der Waals surface area contributed by atoms with Crippen molar-refractivity contribution in [1.29, 1.82) is 0 Å². The zero-order chi connectivity index (χ0) is 18.9. The van der Waals surface area contributed by atoms with Crippen molar-refractivity contribution in [2.75, 3.05) is 16.9 Å². The molecule has 0 saturated heterocycles. The minimum atomic E-state index is -3.31. The van der Waals surface area contributed by atoms with Crippen LogP contribution in [0.15, 0.2) is 47.4 Å². The molecule has 2 amide bonds. The third kappa shape index (κ3) is 4.06. The molecule has 1 heterocycles. The predicted octanol–water partition coefficient (Wildman–Crippen LogP) is 2.91. The number of fused-ring (bicyclic) bond motifs is 1. The molecule has 2 N–H and O–H groups in total. The number of aromatic nitrogens is 1. The molecule has 0 radical (unpaired) electrons. The van der Waals surface area contributed by atoms with Gasteiger partial charge in [0.05, 0.1) is 15.1 Å². The molecule has 0 spiro atoms. The van der Waals surface area contributed by atoms with Gasteiger partial charge in [0.15, 0.2) is 15.0 Å². The molecule has 0 aliphatic heterocycles. The van der Waals surface area contributed by atoms with Crippen LogP contribution >= 0.6 is 11.3 Å². The zero-order valence-corrected chi connectivity index (χ0v) is 15.6. The Bertz CT molecular complexity index is 1100. The van der Waals surface area contributed by atoms with Gasteiger partial charge in [0, 0.05) is 24.4 Å². The summed E-state index contributed by atoms with van der Waals surface area (Å²) < 4.78 is 23.7. The van der Waals surface area contributed by atoms with Gasteiger partial charge in [-0.1, -0.05) is 11.3 Å². The maximum atomic E-state index is 12.3. The Labute approximate surface area is 154 Å². The summed E-state index contributed by atoms with van der Waals surface area (Å²) in [7, 11) is -3.31. The van der Waals surface area contributed by atoms with Crippen molar-refractivity contribution in [2.24, 2.45) is 0 Å². The first-order chi connectivity index (χ1) is 12.2. The van der Waals surface area contributed by atoms with Crippen LogP contribution in [0.1, 0.15) is 17.3 Å². The average molecular weight is 389 g/mol. The fourth-order valence-corrected chi connectivity index (χ4v) is 3.81. The molecule has 0 aliphatic rings. The zero-order valence-electron chi connectivity index (χ0n) is 13.9. The molecule has 0 bridgehead atoms. The third-order valence-corrected chi connectivity index (χ3v) is 5.54. The number of thiazole rings is 1. The number of hydrogen-bond donors (Lipinski definition) is 2. The lowest BCUT2D eigenvalue weighted by Gasteiger charge is -2.03. The molecular formula is C17H15N3O4S2. The van der Waals surface area contributed by atoms with E-state index >= 15 is 0 Å². The maximum Gasteiger partial charge on any atom is 0.257 e. The molecule has 0 saturated carbocycles. The Morgan fingerprint density at radius 1 is 1.04 bits per heavy atom. The van der Waals surface area contributed by atoms with Crippen LogP contribution in [0, 0.1) is 0 Å². The number of carbonyl (C=O) groups excluding carboxylic acids is 2. The van der Waals surface area contributed by atoms with Crippen LogP contribution in [-0.2, 0) is 14.6 Å². The first kappa shape index (κ1) is 18.0. The quantitative estimate of drug-likeness (QED) is 0.714. The fraction of sp³-hybridized carbons (Fsp3) is 0.118. The number of rotatable bonds is 4. The average Bonchev–Trinajstić information content (AvgIpc) is 2.95. The van der Waals surface area contributed by atoms with E-state index in [-0.39, 0.29) is 16.7 Å². The lowest BCUT2D eigenvalue weighted by molar-refractivity contribution is -0.114. The van der Waals surface area contributed by atoms with E-state index in [4.69, 9.17) is 0 Å². The standard InChI is InChI=1S/C17H15N3O4S2/c1-10(21)18-12-5-8-14-15(9-12)25-17(19-14)20-16(22)11-3-6-13(7-4-11)26(2,23)24/h3-9H,1-2H3,(H,18,21)(H,19,20,22). The lowest BCUT2D eigenvalue weighted by Crippen LogP contribution is -2.11. The summed E-state index contributed by atoms with van der Waals surface area (Å²) in [5.74, 6) is -0.550. The lowest BCUT2D eigenvalue weighted by atomic mass is 10.2. The van der Waals surface area contributed by atoms with E-state index in [9.17, 15) is 18.0 Å². The molecule has 3 aromatic rings. The van der Waals surface area contributed by atoms with Crippen molar-refractivity contribution in [2.45, 2.75) is 11.8 Å². The van der Waals surface area contributed by atoms with Gasteiger partial charge in [0.2, 0.25) is 5.91 Å². The normalized spacial score (nSPS) is 11.3. The summed E-state index contributed by atoms with van der Waals surface area (Å²) in [6.45, 7) is 1.43. The largest absolute Gasteiger partial charge is 0.326 e. The molecule has 134 valence electrons. The second-order valence-corrected chi connectivity index (χ2v) is 8.68. The summed E-state index contributed by atoms with van der Waals surface area (Å²) in [5.41, 5.74) is 1.69. The number of anilines is 2. The SMILES string of the molecule is CC(=O)Nc1ccc2nc(NC(=O)c3ccc(S(C)(=O)=O)cc3)sc2c1. The van der Waals surface area contributed by atoms with E-state index in [0.29, 0.717) is 21.9 Å². The van der Waals surface area contributed by atoms with Gasteiger partial charge in [-0.3, -0.25) is 14.9 Å². The van der Waals surface area contributed by atoms with Crippen molar-refractivity contribution in [3.8, 4) is 0 Å². The molecule has 0 atom stereocenters. The van der Waals surface area contributed by atoms with Crippen LogP contribution in [0.25, 0.3) is 10.2 Å². The number of amides is 2. The van der Waals surface area contributed by atoms with E-state index in [1.54, 1.807) is 18.2 Å². The van der Waals surface area contributed by atoms with Gasteiger partial charge in [0.25, 0.3) is 5.91 Å². The number of hydrogen-bond acceptors (Lipinski definition) is 6. The molecule has 0 fully saturated rings. The fourth-order valence-electron chi connectivity index (χ4n) is 2.28. The van der Waals surface area contributed by atoms with Crippen LogP contribution < -0.4 is 10.6 Å². The summed E-state index contributed by atoms with van der Waals surface area (Å²) >= 11 is 1.28. The Balaban J connectivity index is 1.79. The Morgan fingerprint density at radius 3 is 2.35 bits per heavy atom. The van der Waals surface area contributed by atoms with Gasteiger partial charge in [0.1, 0.15) is 0 Å². The molecule has 26 heavy (non-hydrogen) atoms. The molecule has 0 unspecified atom stereocenters. The summed E-state index contributed by atoms with van der Waals surface area (Å²) in [6, 6.07) is 11.0. The molecule has 7 nitrogen and oxygen atoms in total. The number of benzene rings is 2. The molecule has 9 heteroatoms. The van der Waals surface area contributed by atoms with E-state index in [1.807, 2.05) is 0 Å². The molecular weight excluding hydrogens is 374 g/mol. The minimum absolute atomic E-state index is 0.152. The predicted molar refractivity (Wildman–Crippen MR) is 101 cm³/mol. The highest BCUT2D eigenvalue weighted by atomic mass is 32.2. The van der Waals surface area contributed by atoms with Gasteiger partial charge in [-0.05, 0) is 42.5 Å². The van der Waals surface area contributed by atoms with Crippen molar-refractivity contribution < 1.29 is 18.0 Å². The van der Waals surface area contributed by atoms with E-state index in [2.05, 4.69) is 15.6 Å². The smallest absolute Gasteiger partial charge is 0.257 e. The van der Waals surface area contributed by atoms with Crippen molar-refractivity contribution in [1.82, 2.24) is 4.98 Å². The van der Waals surface area contributed by atoms with Gasteiger partial charge in [-0.2, -0.15) is 0 Å². The summed E-state index contributed by atoms with van der Waals surface area (Å²) in [6.07, 6.45) is 1.11. The van der Waals surface area contributed by atoms with Gasteiger partial charge < -0.3 is 5.32 Å². The van der Waals surface area contributed by atoms with Crippen molar-refractivity contribution >= 4 is 54.0 Å². The second-order valence-electron chi connectivity index (χ2n) is 5.63. The Morgan fingerprint density at radius 2 is 1.73 bits per heavy atom. The first-order valence-electron chi connectivity index (χ1n) is 7.52. The molecule has 3 rings (SSSR count). The second kappa shape index (κ2) is 6.85. The van der Waals surface area contributed by atoms with E-state index in [1.165, 1.54) is 42.5 Å². The summed E-state index contributed by atoms with van der Waals surface area (Å²) in [5, 5.41) is 5.81. The summed E-state index contributed by atoms with van der Waals surface area (Å²) in [4.78, 5) is 27.9.